The van der Waals surface area contributed by atoms with Crippen LogP contribution in [0.5, 0.6) is 0 Å². The van der Waals surface area contributed by atoms with Crippen LogP contribution in [0.2, 0.25) is 0 Å². The summed E-state index contributed by atoms with van der Waals surface area (Å²) in [7, 11) is 3.85. The van der Waals surface area contributed by atoms with Crippen LogP contribution >= 0.6 is 0 Å². The molecule has 0 saturated heterocycles. The van der Waals surface area contributed by atoms with Crippen molar-refractivity contribution in [3.05, 3.63) is 35.4 Å². The Labute approximate surface area is 101 Å². The van der Waals surface area contributed by atoms with E-state index in [1.165, 1.54) is 4.90 Å². The number of fused-ring (bicyclic) bond motifs is 1. The fourth-order valence-electron chi connectivity index (χ4n) is 1.93. The molecule has 0 spiro atoms. The van der Waals surface area contributed by atoms with Gasteiger partial charge in [-0.05, 0) is 25.7 Å². The molecule has 0 N–H and O–H groups in total. The molecule has 1 aliphatic heterocycles. The molecule has 0 unspecified atom stereocenters. The molecule has 0 atom stereocenters. The fraction of sp³-hybridized carbons (Fsp3) is 0.385. The number of amides is 2. The van der Waals surface area contributed by atoms with Gasteiger partial charge in [0, 0.05) is 18.7 Å². The quantitative estimate of drug-likeness (QED) is 0.723. The van der Waals surface area contributed by atoms with Gasteiger partial charge in [-0.15, -0.1) is 0 Å². The fourth-order valence-corrected chi connectivity index (χ4v) is 1.93. The highest BCUT2D eigenvalue weighted by molar-refractivity contribution is 6.09. The first-order valence-electron chi connectivity index (χ1n) is 5.67. The number of carbonyl (C=O) groups is 2. The van der Waals surface area contributed by atoms with Crippen LogP contribution in [-0.4, -0.2) is 48.8 Å². The molecule has 1 aromatic rings. The van der Waals surface area contributed by atoms with Gasteiger partial charge in [0.1, 0.15) is 0 Å². The summed E-state index contributed by atoms with van der Waals surface area (Å²) in [6, 6.07) is 7.31. The van der Waals surface area contributed by atoms with Crippen molar-refractivity contribution in [2.75, 3.05) is 27.2 Å². The van der Waals surface area contributed by atoms with E-state index in [1.807, 2.05) is 37.2 Å². The van der Waals surface area contributed by atoms with Gasteiger partial charge in [0.15, 0.2) is 0 Å². The number of likely N-dealkylation sites (N-methyl/N-ethyl adjacent to an activating group) is 1. The standard InChI is InChI=1S/C13H16N2O2/c1-14(2)7-8-15-12(16)9-10-5-3-4-6-11(10)13(15)17/h3-6H,7-9H2,1-2H3. The summed E-state index contributed by atoms with van der Waals surface area (Å²) >= 11 is 0. The van der Waals surface area contributed by atoms with Crippen molar-refractivity contribution in [3.63, 3.8) is 0 Å². The van der Waals surface area contributed by atoms with Gasteiger partial charge in [0.2, 0.25) is 5.91 Å². The Kier molecular flexibility index (Phi) is 3.24. The minimum Gasteiger partial charge on any atom is -0.308 e. The van der Waals surface area contributed by atoms with Crippen molar-refractivity contribution >= 4 is 11.8 Å². The Morgan fingerprint density at radius 2 is 1.94 bits per heavy atom. The third kappa shape index (κ3) is 2.36. The van der Waals surface area contributed by atoms with E-state index in [4.69, 9.17) is 0 Å². The topological polar surface area (TPSA) is 40.6 Å². The first-order chi connectivity index (χ1) is 8.09. The van der Waals surface area contributed by atoms with Crippen molar-refractivity contribution in [3.8, 4) is 0 Å². The normalized spacial score (nSPS) is 15.4. The second kappa shape index (κ2) is 4.67. The van der Waals surface area contributed by atoms with E-state index in [0.29, 0.717) is 25.1 Å². The molecular weight excluding hydrogens is 216 g/mol. The van der Waals surface area contributed by atoms with Crippen LogP contribution in [-0.2, 0) is 11.2 Å². The Morgan fingerprint density at radius 1 is 1.24 bits per heavy atom. The number of carbonyl (C=O) groups excluding carboxylic acids is 2. The summed E-state index contributed by atoms with van der Waals surface area (Å²) in [5.41, 5.74) is 1.49. The predicted octanol–water partition coefficient (Wildman–Crippen LogP) is 0.773. The number of imide groups is 1. The summed E-state index contributed by atoms with van der Waals surface area (Å²) in [4.78, 5) is 27.3. The lowest BCUT2D eigenvalue weighted by Gasteiger charge is -2.27. The van der Waals surface area contributed by atoms with Crippen LogP contribution in [0, 0.1) is 0 Å². The first-order valence-corrected chi connectivity index (χ1v) is 5.67. The minimum atomic E-state index is -0.168. The number of rotatable bonds is 3. The zero-order valence-corrected chi connectivity index (χ0v) is 10.1. The molecular formula is C13H16N2O2. The average molecular weight is 232 g/mol. The molecule has 4 nitrogen and oxygen atoms in total. The molecule has 1 heterocycles. The summed E-state index contributed by atoms with van der Waals surface area (Å²) < 4.78 is 0. The molecule has 17 heavy (non-hydrogen) atoms. The summed E-state index contributed by atoms with van der Waals surface area (Å²) in [5, 5.41) is 0. The molecule has 1 aromatic carbocycles. The van der Waals surface area contributed by atoms with Crippen LogP contribution in [0.1, 0.15) is 15.9 Å². The molecule has 0 bridgehead atoms. The molecule has 0 fully saturated rings. The molecule has 2 amide bonds. The largest absolute Gasteiger partial charge is 0.308 e. The molecule has 0 radical (unpaired) electrons. The average Bonchev–Trinajstić information content (AvgIpc) is 2.28. The number of nitrogens with zero attached hydrogens (tertiary/aromatic N) is 2. The van der Waals surface area contributed by atoms with E-state index < -0.39 is 0 Å². The summed E-state index contributed by atoms with van der Waals surface area (Å²) in [5.74, 6) is -0.269. The van der Waals surface area contributed by atoms with Gasteiger partial charge in [0.25, 0.3) is 5.91 Å². The Bertz CT molecular complexity index is 454. The van der Waals surface area contributed by atoms with E-state index in [1.54, 1.807) is 6.07 Å². The molecule has 0 aliphatic carbocycles. The number of benzene rings is 1. The van der Waals surface area contributed by atoms with Gasteiger partial charge >= 0.3 is 0 Å². The zero-order valence-electron chi connectivity index (χ0n) is 10.1. The Morgan fingerprint density at radius 3 is 2.65 bits per heavy atom. The molecule has 0 aromatic heterocycles. The molecule has 90 valence electrons. The lowest BCUT2D eigenvalue weighted by Crippen LogP contribution is -2.45. The first kappa shape index (κ1) is 11.8. The predicted molar refractivity (Wildman–Crippen MR) is 64.7 cm³/mol. The van der Waals surface area contributed by atoms with Crippen LogP contribution in [0.4, 0.5) is 0 Å². The smallest absolute Gasteiger partial charge is 0.260 e. The maximum absolute atomic E-state index is 12.1. The molecule has 1 aliphatic rings. The molecule has 2 rings (SSSR count). The second-order valence-corrected chi connectivity index (χ2v) is 4.49. The van der Waals surface area contributed by atoms with Crippen LogP contribution in [0.15, 0.2) is 24.3 Å². The van der Waals surface area contributed by atoms with Gasteiger partial charge in [-0.3, -0.25) is 14.5 Å². The van der Waals surface area contributed by atoms with Gasteiger partial charge in [-0.1, -0.05) is 18.2 Å². The van der Waals surface area contributed by atoms with Crippen molar-refractivity contribution in [2.45, 2.75) is 6.42 Å². The van der Waals surface area contributed by atoms with Crippen molar-refractivity contribution in [2.24, 2.45) is 0 Å². The monoisotopic (exact) mass is 232 g/mol. The third-order valence-corrected chi connectivity index (χ3v) is 2.91. The zero-order chi connectivity index (χ0) is 12.4. The maximum Gasteiger partial charge on any atom is 0.260 e. The van der Waals surface area contributed by atoms with Crippen LogP contribution in [0.3, 0.4) is 0 Å². The van der Waals surface area contributed by atoms with Crippen molar-refractivity contribution < 1.29 is 9.59 Å². The lowest BCUT2D eigenvalue weighted by molar-refractivity contribution is -0.128. The number of hydrogen-bond acceptors (Lipinski definition) is 3. The van der Waals surface area contributed by atoms with E-state index in [-0.39, 0.29) is 11.8 Å². The summed E-state index contributed by atoms with van der Waals surface area (Å²) in [6.07, 6.45) is 0.329. The third-order valence-electron chi connectivity index (χ3n) is 2.91. The van der Waals surface area contributed by atoms with E-state index in [0.717, 1.165) is 5.56 Å². The van der Waals surface area contributed by atoms with E-state index >= 15 is 0 Å². The van der Waals surface area contributed by atoms with Gasteiger partial charge < -0.3 is 4.90 Å². The molecule has 4 heteroatoms. The van der Waals surface area contributed by atoms with Crippen molar-refractivity contribution in [1.29, 1.82) is 0 Å². The highest BCUT2D eigenvalue weighted by Gasteiger charge is 2.29. The molecule has 0 saturated carbocycles. The Balaban J connectivity index is 2.21. The minimum absolute atomic E-state index is 0.101. The van der Waals surface area contributed by atoms with Crippen molar-refractivity contribution in [1.82, 2.24) is 9.80 Å². The summed E-state index contributed by atoms with van der Waals surface area (Å²) in [6.45, 7) is 1.15. The van der Waals surface area contributed by atoms with Gasteiger partial charge in [-0.25, -0.2) is 0 Å². The highest BCUT2D eigenvalue weighted by atomic mass is 16.2. The lowest BCUT2D eigenvalue weighted by atomic mass is 9.98. The number of hydrogen-bond donors (Lipinski definition) is 0. The maximum atomic E-state index is 12.1. The SMILES string of the molecule is CN(C)CCN1C(=O)Cc2ccccc2C1=O. The van der Waals surface area contributed by atoms with E-state index in [9.17, 15) is 9.59 Å². The van der Waals surface area contributed by atoms with E-state index in [2.05, 4.69) is 0 Å². The van der Waals surface area contributed by atoms with Gasteiger partial charge in [0.05, 0.1) is 6.42 Å². The van der Waals surface area contributed by atoms with Gasteiger partial charge in [-0.2, -0.15) is 0 Å². The Hall–Kier alpha value is -1.68. The van der Waals surface area contributed by atoms with Crippen LogP contribution in [0.25, 0.3) is 0 Å². The second-order valence-electron chi connectivity index (χ2n) is 4.49. The van der Waals surface area contributed by atoms with Crippen LogP contribution < -0.4 is 0 Å². The highest BCUT2D eigenvalue weighted by Crippen LogP contribution is 2.19.